The van der Waals surface area contributed by atoms with Crippen LogP contribution in [0.1, 0.15) is 5.69 Å². The van der Waals surface area contributed by atoms with E-state index >= 15 is 0 Å². The van der Waals surface area contributed by atoms with Gasteiger partial charge in [-0.3, -0.25) is 9.78 Å². The molecule has 0 fully saturated rings. The molecule has 0 aromatic carbocycles. The summed E-state index contributed by atoms with van der Waals surface area (Å²) in [6.45, 7) is -0.209. The van der Waals surface area contributed by atoms with Crippen LogP contribution in [0.5, 0.6) is 0 Å². The van der Waals surface area contributed by atoms with Crippen molar-refractivity contribution in [1.29, 1.82) is 0 Å². The maximum absolute atomic E-state index is 12.3. The van der Waals surface area contributed by atoms with E-state index in [9.17, 15) is 13.2 Å². The minimum Gasteiger partial charge on any atom is -0.348 e. The van der Waals surface area contributed by atoms with Gasteiger partial charge in [0.1, 0.15) is 4.90 Å². The van der Waals surface area contributed by atoms with Crippen molar-refractivity contribution in [2.24, 2.45) is 5.73 Å². The third-order valence-electron chi connectivity index (χ3n) is 2.59. The Bertz CT molecular complexity index is 557. The Kier molecular flexibility index (Phi) is 4.98. The van der Waals surface area contributed by atoms with Crippen LogP contribution >= 0.6 is 0 Å². The fourth-order valence-electron chi connectivity index (χ4n) is 1.40. The van der Waals surface area contributed by atoms with Gasteiger partial charge >= 0.3 is 0 Å². The van der Waals surface area contributed by atoms with Gasteiger partial charge in [0.2, 0.25) is 15.9 Å². The molecule has 0 bridgehead atoms. The van der Waals surface area contributed by atoms with Gasteiger partial charge in [-0.15, -0.1) is 0 Å². The highest BCUT2D eigenvalue weighted by atomic mass is 32.2. The molecule has 2 N–H and O–H groups in total. The Balaban J connectivity index is 3.07. The van der Waals surface area contributed by atoms with Crippen molar-refractivity contribution in [3.63, 3.8) is 0 Å². The monoisotopic (exact) mass is 286 g/mol. The number of nitrogens with two attached hydrogens (primary N) is 1. The summed E-state index contributed by atoms with van der Waals surface area (Å²) in [5.74, 6) is -0.302. The van der Waals surface area contributed by atoms with Crippen LogP contribution in [0.25, 0.3) is 0 Å². The maximum atomic E-state index is 12.3. The molecule has 19 heavy (non-hydrogen) atoms. The summed E-state index contributed by atoms with van der Waals surface area (Å²) in [4.78, 5) is 16.9. The second kappa shape index (κ2) is 6.09. The second-order valence-electron chi connectivity index (χ2n) is 4.20. The average molecular weight is 286 g/mol. The Labute approximate surface area is 113 Å². The maximum Gasteiger partial charge on any atom is 0.245 e. The molecule has 1 heterocycles. The molecule has 1 aromatic heterocycles. The van der Waals surface area contributed by atoms with Crippen molar-refractivity contribution in [2.45, 2.75) is 11.4 Å². The highest BCUT2D eigenvalue weighted by Gasteiger charge is 2.26. The number of rotatable bonds is 5. The first kappa shape index (κ1) is 15.5. The van der Waals surface area contributed by atoms with E-state index in [2.05, 4.69) is 4.98 Å². The summed E-state index contributed by atoms with van der Waals surface area (Å²) in [6, 6.07) is 2.95. The summed E-state index contributed by atoms with van der Waals surface area (Å²) < 4.78 is 25.7. The molecule has 0 radical (unpaired) electrons. The fourth-order valence-corrected chi connectivity index (χ4v) is 2.70. The molecule has 0 unspecified atom stereocenters. The summed E-state index contributed by atoms with van der Waals surface area (Å²) in [5.41, 5.74) is 5.76. The molecular formula is C11H18N4O3S. The van der Waals surface area contributed by atoms with E-state index in [1.54, 1.807) is 14.1 Å². The smallest absolute Gasteiger partial charge is 0.245 e. The largest absolute Gasteiger partial charge is 0.348 e. The van der Waals surface area contributed by atoms with E-state index < -0.39 is 10.0 Å². The summed E-state index contributed by atoms with van der Waals surface area (Å²) in [6.07, 6.45) is 1.48. The number of carbonyl (C=O) groups excluding carboxylic acids is 1. The number of likely N-dealkylation sites (N-methyl/N-ethyl adjacent to an activating group) is 2. The topological polar surface area (TPSA) is 96.6 Å². The van der Waals surface area contributed by atoms with E-state index in [1.807, 2.05) is 0 Å². The molecule has 0 aliphatic carbocycles. The van der Waals surface area contributed by atoms with Gasteiger partial charge in [0.05, 0.1) is 12.2 Å². The molecule has 0 saturated carbocycles. The predicted molar refractivity (Wildman–Crippen MR) is 70.6 cm³/mol. The first-order chi connectivity index (χ1) is 8.80. The number of carbonyl (C=O) groups is 1. The third kappa shape index (κ3) is 3.49. The summed E-state index contributed by atoms with van der Waals surface area (Å²) in [5, 5.41) is 0. The number of pyridine rings is 1. The van der Waals surface area contributed by atoms with Crippen LogP contribution in [0, 0.1) is 0 Å². The van der Waals surface area contributed by atoms with Crippen LogP contribution in [0.4, 0.5) is 0 Å². The van der Waals surface area contributed by atoms with Crippen molar-refractivity contribution in [3.05, 3.63) is 24.0 Å². The lowest BCUT2D eigenvalue weighted by Gasteiger charge is -2.20. The standard InChI is InChI=1S/C11H18N4O3S/c1-14(2)11(16)8-15(3)19(17,18)10-5-4-6-13-9(10)7-12/h4-6H,7-8,12H2,1-3H3. The van der Waals surface area contributed by atoms with Crippen molar-refractivity contribution in [3.8, 4) is 0 Å². The van der Waals surface area contributed by atoms with Crippen LogP contribution in [0.15, 0.2) is 23.2 Å². The van der Waals surface area contributed by atoms with Gasteiger partial charge in [0, 0.05) is 33.9 Å². The molecule has 106 valence electrons. The lowest BCUT2D eigenvalue weighted by Crippen LogP contribution is -2.38. The van der Waals surface area contributed by atoms with Crippen molar-refractivity contribution in [2.75, 3.05) is 27.7 Å². The molecular weight excluding hydrogens is 268 g/mol. The zero-order chi connectivity index (χ0) is 14.6. The molecule has 0 spiro atoms. The van der Waals surface area contributed by atoms with Crippen LogP contribution < -0.4 is 5.73 Å². The third-order valence-corrected chi connectivity index (χ3v) is 4.46. The molecule has 0 saturated heterocycles. The minimum atomic E-state index is -3.77. The van der Waals surface area contributed by atoms with Gasteiger partial charge in [0.15, 0.2) is 0 Å². The minimum absolute atomic E-state index is 0.0187. The molecule has 1 amide bonds. The van der Waals surface area contributed by atoms with Crippen molar-refractivity contribution >= 4 is 15.9 Å². The molecule has 0 atom stereocenters. The lowest BCUT2D eigenvalue weighted by atomic mass is 10.3. The highest BCUT2D eigenvalue weighted by molar-refractivity contribution is 7.89. The first-order valence-corrected chi connectivity index (χ1v) is 7.05. The Hall–Kier alpha value is -1.51. The quantitative estimate of drug-likeness (QED) is 0.768. The van der Waals surface area contributed by atoms with Gasteiger partial charge in [0.25, 0.3) is 0 Å². The first-order valence-electron chi connectivity index (χ1n) is 5.61. The second-order valence-corrected chi connectivity index (χ2v) is 6.21. The van der Waals surface area contributed by atoms with E-state index in [0.717, 1.165) is 4.31 Å². The van der Waals surface area contributed by atoms with Gasteiger partial charge in [-0.1, -0.05) is 0 Å². The number of amides is 1. The molecule has 7 nitrogen and oxygen atoms in total. The number of sulfonamides is 1. The Morgan fingerprint density at radius 2 is 2.00 bits per heavy atom. The number of aromatic nitrogens is 1. The van der Waals surface area contributed by atoms with Crippen LogP contribution in [0.3, 0.4) is 0 Å². The van der Waals surface area contributed by atoms with Crippen molar-refractivity contribution < 1.29 is 13.2 Å². The normalized spacial score (nSPS) is 11.6. The molecule has 1 aromatic rings. The Morgan fingerprint density at radius 1 is 1.37 bits per heavy atom. The van der Waals surface area contributed by atoms with Crippen LogP contribution in [0.2, 0.25) is 0 Å². The zero-order valence-corrected chi connectivity index (χ0v) is 12.0. The summed E-state index contributed by atoms with van der Waals surface area (Å²) >= 11 is 0. The molecule has 8 heteroatoms. The highest BCUT2D eigenvalue weighted by Crippen LogP contribution is 2.16. The van der Waals surface area contributed by atoms with E-state index in [1.165, 1.54) is 30.3 Å². The van der Waals surface area contributed by atoms with Gasteiger partial charge in [-0.25, -0.2) is 8.42 Å². The van der Waals surface area contributed by atoms with Crippen LogP contribution in [-0.4, -0.2) is 56.2 Å². The van der Waals surface area contributed by atoms with Gasteiger partial charge in [-0.05, 0) is 12.1 Å². The summed E-state index contributed by atoms with van der Waals surface area (Å²) in [7, 11) is 0.720. The average Bonchev–Trinajstić information content (AvgIpc) is 2.38. The van der Waals surface area contributed by atoms with Gasteiger partial charge < -0.3 is 10.6 Å². The number of hydrogen-bond donors (Lipinski definition) is 1. The lowest BCUT2D eigenvalue weighted by molar-refractivity contribution is -0.128. The molecule has 0 aliphatic rings. The SMILES string of the molecule is CN(C)C(=O)CN(C)S(=O)(=O)c1cccnc1CN. The molecule has 0 aliphatic heterocycles. The fraction of sp³-hybridized carbons (Fsp3) is 0.455. The van der Waals surface area contributed by atoms with Crippen molar-refractivity contribution in [1.82, 2.24) is 14.2 Å². The van der Waals surface area contributed by atoms with E-state index in [-0.39, 0.29) is 29.6 Å². The van der Waals surface area contributed by atoms with Crippen LogP contribution in [-0.2, 0) is 21.4 Å². The Morgan fingerprint density at radius 3 is 2.53 bits per heavy atom. The van der Waals surface area contributed by atoms with E-state index in [0.29, 0.717) is 0 Å². The zero-order valence-electron chi connectivity index (χ0n) is 11.2. The van der Waals surface area contributed by atoms with E-state index in [4.69, 9.17) is 5.73 Å². The number of nitrogens with zero attached hydrogens (tertiary/aromatic N) is 3. The predicted octanol–water partition coefficient (Wildman–Crippen LogP) is -0.751. The molecule has 1 rings (SSSR count). The van der Waals surface area contributed by atoms with Gasteiger partial charge in [-0.2, -0.15) is 4.31 Å². The number of hydrogen-bond acceptors (Lipinski definition) is 5.